The van der Waals surface area contributed by atoms with Gasteiger partial charge < -0.3 is 14.8 Å². The van der Waals surface area contributed by atoms with Crippen LogP contribution in [0.15, 0.2) is 102 Å². The minimum atomic E-state index is -0.645. The van der Waals surface area contributed by atoms with Crippen LogP contribution in [-0.2, 0) is 6.61 Å². The lowest BCUT2D eigenvalue weighted by Gasteiger charge is -2.38. The molecule has 0 saturated carbocycles. The molecule has 0 aliphatic carbocycles. The number of halogens is 1. The number of benzene rings is 4. The molecule has 0 aromatic heterocycles. The molecule has 0 fully saturated rings. The summed E-state index contributed by atoms with van der Waals surface area (Å²) in [5.74, 6) is 0.309. The Labute approximate surface area is 223 Å². The SMILES string of the molecule is COc1ccc(C2Nc3ccc(Br)cc3C(=O)N2NC(=O)c2ccccc2OCc2ccccc2)cc1. The number of ether oxygens (including phenoxy) is 2. The molecule has 1 aliphatic rings. The molecule has 0 spiro atoms. The van der Waals surface area contributed by atoms with Gasteiger partial charge in [-0.2, -0.15) is 0 Å². The average molecular weight is 558 g/mol. The summed E-state index contributed by atoms with van der Waals surface area (Å²) in [6.45, 7) is 0.311. The number of methoxy groups -OCH3 is 1. The molecule has 1 atom stereocenters. The molecule has 8 heteroatoms. The summed E-state index contributed by atoms with van der Waals surface area (Å²) in [7, 11) is 1.59. The highest BCUT2D eigenvalue weighted by Crippen LogP contribution is 2.34. The first-order valence-electron chi connectivity index (χ1n) is 11.6. The van der Waals surface area contributed by atoms with Crippen LogP contribution in [0.2, 0.25) is 0 Å². The summed E-state index contributed by atoms with van der Waals surface area (Å²) in [5.41, 5.74) is 6.00. The van der Waals surface area contributed by atoms with Crippen molar-refractivity contribution in [2.75, 3.05) is 12.4 Å². The molecule has 1 unspecified atom stereocenters. The lowest BCUT2D eigenvalue weighted by Crippen LogP contribution is -2.52. The first kappa shape index (κ1) is 24.4. The Hall–Kier alpha value is -4.30. The molecule has 2 amide bonds. The van der Waals surface area contributed by atoms with Crippen molar-refractivity contribution < 1.29 is 19.1 Å². The molecule has 1 heterocycles. The normalized spacial score (nSPS) is 14.4. The number of anilines is 1. The van der Waals surface area contributed by atoms with Crippen molar-refractivity contribution in [3.05, 3.63) is 124 Å². The highest BCUT2D eigenvalue weighted by molar-refractivity contribution is 9.10. The van der Waals surface area contributed by atoms with E-state index in [2.05, 4.69) is 26.7 Å². The molecule has 7 nitrogen and oxygen atoms in total. The van der Waals surface area contributed by atoms with E-state index in [4.69, 9.17) is 9.47 Å². The van der Waals surface area contributed by atoms with E-state index < -0.39 is 12.1 Å². The highest BCUT2D eigenvalue weighted by Gasteiger charge is 2.35. The van der Waals surface area contributed by atoms with Gasteiger partial charge in [0.25, 0.3) is 11.8 Å². The van der Waals surface area contributed by atoms with Gasteiger partial charge in [-0.15, -0.1) is 0 Å². The zero-order valence-corrected chi connectivity index (χ0v) is 21.6. The van der Waals surface area contributed by atoms with Crippen LogP contribution in [0.5, 0.6) is 11.5 Å². The van der Waals surface area contributed by atoms with Gasteiger partial charge in [0.1, 0.15) is 24.3 Å². The van der Waals surface area contributed by atoms with Crippen LogP contribution in [-0.4, -0.2) is 23.9 Å². The number of nitrogens with zero attached hydrogens (tertiary/aromatic N) is 1. The maximum Gasteiger partial charge on any atom is 0.276 e. The number of carbonyl (C=O) groups excluding carboxylic acids is 2. The van der Waals surface area contributed by atoms with Crippen molar-refractivity contribution in [2.24, 2.45) is 0 Å². The molecule has 2 N–H and O–H groups in total. The third kappa shape index (κ3) is 5.29. The first-order chi connectivity index (χ1) is 18.0. The largest absolute Gasteiger partial charge is 0.497 e. The maximum atomic E-state index is 13.6. The van der Waals surface area contributed by atoms with Crippen molar-refractivity contribution in [2.45, 2.75) is 12.8 Å². The van der Waals surface area contributed by atoms with Gasteiger partial charge >= 0.3 is 0 Å². The van der Waals surface area contributed by atoms with E-state index in [1.165, 1.54) is 5.01 Å². The van der Waals surface area contributed by atoms with Crippen molar-refractivity contribution in [1.29, 1.82) is 0 Å². The van der Waals surface area contributed by atoms with Crippen LogP contribution in [0.4, 0.5) is 5.69 Å². The van der Waals surface area contributed by atoms with E-state index in [9.17, 15) is 9.59 Å². The van der Waals surface area contributed by atoms with Gasteiger partial charge in [-0.05, 0) is 53.6 Å². The second-order valence-corrected chi connectivity index (χ2v) is 9.31. The number of hydrogen-bond donors (Lipinski definition) is 2. The van der Waals surface area contributed by atoms with E-state index in [0.29, 0.717) is 34.9 Å². The smallest absolute Gasteiger partial charge is 0.276 e. The maximum absolute atomic E-state index is 13.6. The summed E-state index contributed by atoms with van der Waals surface area (Å²) in [6, 6.07) is 29.4. The Balaban J connectivity index is 1.44. The predicted molar refractivity (Wildman–Crippen MR) is 144 cm³/mol. The fraction of sp³-hybridized carbons (Fsp3) is 0.103. The molecule has 37 heavy (non-hydrogen) atoms. The predicted octanol–water partition coefficient (Wildman–Crippen LogP) is 5.95. The Morgan fingerprint density at radius 3 is 2.46 bits per heavy atom. The van der Waals surface area contributed by atoms with Crippen molar-refractivity contribution >= 4 is 33.4 Å². The summed E-state index contributed by atoms with van der Waals surface area (Å²) in [6.07, 6.45) is -0.645. The number of hydrazine groups is 1. The standard InChI is InChI=1S/C29H24BrN3O4/c1-36-22-14-11-20(12-15-22)27-31-25-16-13-21(30)17-24(25)29(35)33(27)32-28(34)23-9-5-6-10-26(23)37-18-19-7-3-2-4-8-19/h2-17,27,31H,18H2,1H3,(H,32,34). The van der Waals surface area contributed by atoms with Crippen molar-refractivity contribution in [3.63, 3.8) is 0 Å². The number of rotatable bonds is 7. The molecule has 5 rings (SSSR count). The summed E-state index contributed by atoms with van der Waals surface area (Å²) in [5, 5.41) is 4.69. The van der Waals surface area contributed by atoms with Gasteiger partial charge in [0.15, 0.2) is 0 Å². The van der Waals surface area contributed by atoms with Crippen molar-refractivity contribution in [1.82, 2.24) is 10.4 Å². The fourth-order valence-corrected chi connectivity index (χ4v) is 4.46. The second-order valence-electron chi connectivity index (χ2n) is 8.40. The minimum Gasteiger partial charge on any atom is -0.497 e. The number of hydrogen-bond acceptors (Lipinski definition) is 5. The monoisotopic (exact) mass is 557 g/mol. The van der Waals surface area contributed by atoms with Crippen LogP contribution in [0.1, 0.15) is 38.0 Å². The van der Waals surface area contributed by atoms with Gasteiger partial charge in [0, 0.05) is 10.2 Å². The summed E-state index contributed by atoms with van der Waals surface area (Å²) < 4.78 is 12.0. The number of fused-ring (bicyclic) bond motifs is 1. The van der Waals surface area contributed by atoms with E-state index >= 15 is 0 Å². The fourth-order valence-electron chi connectivity index (χ4n) is 4.10. The molecule has 186 valence electrons. The number of carbonyl (C=O) groups is 2. The number of amides is 2. The van der Waals surface area contributed by atoms with Gasteiger partial charge in [-0.3, -0.25) is 15.0 Å². The van der Waals surface area contributed by atoms with Crippen molar-refractivity contribution in [3.8, 4) is 11.5 Å². The Bertz CT molecular complexity index is 1430. The van der Waals surface area contributed by atoms with Crippen LogP contribution in [0.3, 0.4) is 0 Å². The quantitative estimate of drug-likeness (QED) is 0.293. The van der Waals surface area contributed by atoms with Gasteiger partial charge in [-0.1, -0.05) is 70.5 Å². The minimum absolute atomic E-state index is 0.311. The topological polar surface area (TPSA) is 79.9 Å². The van der Waals surface area contributed by atoms with E-state index in [0.717, 1.165) is 15.6 Å². The first-order valence-corrected chi connectivity index (χ1v) is 12.4. The third-order valence-corrected chi connectivity index (χ3v) is 6.50. The van der Waals surface area contributed by atoms with Gasteiger partial charge in [0.05, 0.1) is 18.2 Å². The zero-order chi connectivity index (χ0) is 25.8. The summed E-state index contributed by atoms with van der Waals surface area (Å²) in [4.78, 5) is 27.1. The van der Waals surface area contributed by atoms with E-state index in [-0.39, 0.29) is 5.91 Å². The van der Waals surface area contributed by atoms with Crippen LogP contribution < -0.4 is 20.2 Å². The molecular weight excluding hydrogens is 534 g/mol. The van der Waals surface area contributed by atoms with E-state index in [1.807, 2.05) is 66.7 Å². The molecule has 4 aromatic carbocycles. The van der Waals surface area contributed by atoms with Crippen LogP contribution >= 0.6 is 15.9 Å². The number of para-hydroxylation sites is 1. The molecule has 0 saturated heterocycles. The molecule has 1 aliphatic heterocycles. The highest BCUT2D eigenvalue weighted by atomic mass is 79.9. The Morgan fingerprint density at radius 1 is 0.973 bits per heavy atom. The summed E-state index contributed by atoms with van der Waals surface area (Å²) >= 11 is 3.43. The number of nitrogens with one attached hydrogen (secondary N) is 2. The lowest BCUT2D eigenvalue weighted by atomic mass is 10.0. The van der Waals surface area contributed by atoms with Crippen LogP contribution in [0.25, 0.3) is 0 Å². The third-order valence-electron chi connectivity index (χ3n) is 6.00. The van der Waals surface area contributed by atoms with Gasteiger partial charge in [-0.25, -0.2) is 5.01 Å². The second kappa shape index (κ2) is 10.8. The molecule has 0 radical (unpaired) electrons. The molecular formula is C29H24BrN3O4. The Morgan fingerprint density at radius 2 is 1.70 bits per heavy atom. The zero-order valence-electron chi connectivity index (χ0n) is 20.0. The van der Waals surface area contributed by atoms with Crippen LogP contribution in [0, 0.1) is 0 Å². The molecule has 4 aromatic rings. The van der Waals surface area contributed by atoms with Gasteiger partial charge in [0.2, 0.25) is 0 Å². The lowest BCUT2D eigenvalue weighted by molar-refractivity contribution is 0.0489. The molecule has 0 bridgehead atoms. The average Bonchev–Trinajstić information content (AvgIpc) is 2.94. The Kier molecular flexibility index (Phi) is 7.09. The van der Waals surface area contributed by atoms with E-state index in [1.54, 1.807) is 37.4 Å².